The lowest BCUT2D eigenvalue weighted by Crippen LogP contribution is -2.35. The van der Waals surface area contributed by atoms with Crippen LogP contribution in [-0.4, -0.2) is 31.1 Å². The molecule has 0 saturated carbocycles. The van der Waals surface area contributed by atoms with Gasteiger partial charge in [-0.1, -0.05) is 6.92 Å². The summed E-state index contributed by atoms with van der Waals surface area (Å²) in [6, 6.07) is 0. The Labute approximate surface area is 69.8 Å². The molecule has 11 heavy (non-hydrogen) atoms. The van der Waals surface area contributed by atoms with E-state index in [1.54, 1.807) is 0 Å². The Morgan fingerprint density at radius 1 is 1.55 bits per heavy atom. The van der Waals surface area contributed by atoms with Crippen LogP contribution in [0.2, 0.25) is 0 Å². The van der Waals surface area contributed by atoms with Gasteiger partial charge in [-0.25, -0.2) is 0 Å². The molecule has 2 N–H and O–H groups in total. The van der Waals surface area contributed by atoms with Crippen LogP contribution in [-0.2, 0) is 0 Å². The number of piperidine rings is 1. The van der Waals surface area contributed by atoms with Gasteiger partial charge in [-0.3, -0.25) is 0 Å². The van der Waals surface area contributed by atoms with Crippen LogP contribution in [0, 0.1) is 5.92 Å². The molecule has 0 aromatic carbocycles. The van der Waals surface area contributed by atoms with Crippen molar-refractivity contribution in [3.05, 3.63) is 0 Å². The average molecular weight is 156 g/mol. The molecule has 0 bridgehead atoms. The first-order valence-electron chi connectivity index (χ1n) is 4.79. The van der Waals surface area contributed by atoms with E-state index in [9.17, 15) is 0 Å². The fourth-order valence-electron chi connectivity index (χ4n) is 1.91. The predicted octanol–water partition coefficient (Wildman–Crippen LogP) is 1.07. The number of nitrogens with two attached hydrogens (primary N) is 1. The summed E-state index contributed by atoms with van der Waals surface area (Å²) in [5.41, 5.74) is 5.53. The summed E-state index contributed by atoms with van der Waals surface area (Å²) in [5, 5.41) is 0. The summed E-state index contributed by atoms with van der Waals surface area (Å²) in [7, 11) is 0. The minimum absolute atomic E-state index is 0.863. The largest absolute Gasteiger partial charge is 0.330 e. The number of hydrogen-bond acceptors (Lipinski definition) is 2. The zero-order valence-corrected chi connectivity index (χ0v) is 7.55. The normalized spacial score (nSPS) is 27.3. The van der Waals surface area contributed by atoms with Crippen LogP contribution in [0.4, 0.5) is 0 Å². The average Bonchev–Trinajstić information content (AvgIpc) is 2.06. The molecule has 1 saturated heterocycles. The van der Waals surface area contributed by atoms with E-state index in [-0.39, 0.29) is 0 Å². The third-order valence-corrected chi connectivity index (χ3v) is 2.63. The van der Waals surface area contributed by atoms with E-state index in [1.807, 2.05) is 0 Å². The molecule has 1 rings (SSSR count). The number of rotatable bonds is 3. The van der Waals surface area contributed by atoms with Gasteiger partial charge in [-0.15, -0.1) is 0 Å². The highest BCUT2D eigenvalue weighted by molar-refractivity contribution is 4.71. The van der Waals surface area contributed by atoms with Gasteiger partial charge in [-0.2, -0.15) is 0 Å². The molecular weight excluding hydrogens is 136 g/mol. The molecule has 66 valence electrons. The third kappa shape index (κ3) is 2.80. The molecule has 0 aromatic rings. The van der Waals surface area contributed by atoms with Gasteiger partial charge in [0.05, 0.1) is 0 Å². The molecule has 0 amide bonds. The highest BCUT2D eigenvalue weighted by Gasteiger charge is 2.17. The second-order valence-corrected chi connectivity index (χ2v) is 3.48. The summed E-state index contributed by atoms with van der Waals surface area (Å²) in [4.78, 5) is 2.53. The van der Waals surface area contributed by atoms with Crippen LogP contribution in [0.5, 0.6) is 0 Å². The van der Waals surface area contributed by atoms with Gasteiger partial charge < -0.3 is 10.6 Å². The topological polar surface area (TPSA) is 29.3 Å². The summed E-state index contributed by atoms with van der Waals surface area (Å²) in [6.45, 7) is 6.90. The minimum atomic E-state index is 0.863. The quantitative estimate of drug-likeness (QED) is 0.662. The molecule has 0 aromatic heterocycles. The lowest BCUT2D eigenvalue weighted by Gasteiger charge is -2.31. The second-order valence-electron chi connectivity index (χ2n) is 3.48. The maximum Gasteiger partial charge on any atom is 0.00100 e. The Bertz CT molecular complexity index is 102. The van der Waals surface area contributed by atoms with E-state index in [2.05, 4.69) is 11.8 Å². The van der Waals surface area contributed by atoms with Gasteiger partial charge in [0.15, 0.2) is 0 Å². The third-order valence-electron chi connectivity index (χ3n) is 2.63. The van der Waals surface area contributed by atoms with Gasteiger partial charge in [0.1, 0.15) is 0 Å². The lowest BCUT2D eigenvalue weighted by atomic mass is 9.95. The molecule has 1 atom stereocenters. The highest BCUT2D eigenvalue weighted by atomic mass is 15.1. The van der Waals surface area contributed by atoms with Gasteiger partial charge in [0.25, 0.3) is 0 Å². The molecule has 1 fully saturated rings. The molecule has 0 radical (unpaired) electrons. The summed E-state index contributed by atoms with van der Waals surface area (Å²) in [5.74, 6) is 0.883. The summed E-state index contributed by atoms with van der Waals surface area (Å²) < 4.78 is 0. The van der Waals surface area contributed by atoms with Gasteiger partial charge in [-0.05, 0) is 44.8 Å². The van der Waals surface area contributed by atoms with Crippen molar-refractivity contribution < 1.29 is 0 Å². The molecule has 0 spiro atoms. The first kappa shape index (κ1) is 9.01. The standard InChI is InChI=1S/C9H20N2/c1-2-11-7-3-4-9(8-11)5-6-10/h9H,2-8,10H2,1H3. The van der Waals surface area contributed by atoms with Gasteiger partial charge in [0, 0.05) is 6.54 Å². The van der Waals surface area contributed by atoms with E-state index >= 15 is 0 Å². The Balaban J connectivity index is 2.21. The molecular formula is C9H20N2. The van der Waals surface area contributed by atoms with Crippen molar-refractivity contribution in [2.75, 3.05) is 26.2 Å². The first-order chi connectivity index (χ1) is 5.36. The highest BCUT2D eigenvalue weighted by Crippen LogP contribution is 2.18. The molecule has 0 aliphatic carbocycles. The van der Waals surface area contributed by atoms with Crippen molar-refractivity contribution in [3.63, 3.8) is 0 Å². The zero-order valence-electron chi connectivity index (χ0n) is 7.55. The second kappa shape index (κ2) is 4.73. The van der Waals surface area contributed by atoms with E-state index in [4.69, 9.17) is 5.73 Å². The number of likely N-dealkylation sites (tertiary alicyclic amines) is 1. The molecule has 1 aliphatic rings. The minimum Gasteiger partial charge on any atom is -0.330 e. The Kier molecular flexibility index (Phi) is 3.87. The van der Waals surface area contributed by atoms with Crippen molar-refractivity contribution in [1.82, 2.24) is 4.90 Å². The molecule has 1 unspecified atom stereocenters. The number of hydrogen-bond donors (Lipinski definition) is 1. The first-order valence-corrected chi connectivity index (χ1v) is 4.79. The molecule has 1 aliphatic heterocycles. The van der Waals surface area contributed by atoms with Crippen LogP contribution >= 0.6 is 0 Å². The van der Waals surface area contributed by atoms with Crippen LogP contribution in [0.1, 0.15) is 26.2 Å². The van der Waals surface area contributed by atoms with Crippen LogP contribution < -0.4 is 5.73 Å². The van der Waals surface area contributed by atoms with Crippen molar-refractivity contribution in [2.45, 2.75) is 26.2 Å². The van der Waals surface area contributed by atoms with E-state index < -0.39 is 0 Å². The Hall–Kier alpha value is -0.0800. The van der Waals surface area contributed by atoms with Gasteiger partial charge in [0.2, 0.25) is 0 Å². The van der Waals surface area contributed by atoms with Crippen molar-refractivity contribution >= 4 is 0 Å². The molecule has 2 heteroatoms. The fourth-order valence-corrected chi connectivity index (χ4v) is 1.91. The van der Waals surface area contributed by atoms with Crippen molar-refractivity contribution in [3.8, 4) is 0 Å². The number of nitrogens with zero attached hydrogens (tertiary/aromatic N) is 1. The maximum absolute atomic E-state index is 5.53. The fraction of sp³-hybridized carbons (Fsp3) is 1.00. The van der Waals surface area contributed by atoms with E-state index in [0.717, 1.165) is 12.5 Å². The monoisotopic (exact) mass is 156 g/mol. The molecule has 2 nitrogen and oxygen atoms in total. The maximum atomic E-state index is 5.53. The molecule has 1 heterocycles. The van der Waals surface area contributed by atoms with Crippen molar-refractivity contribution in [1.29, 1.82) is 0 Å². The Morgan fingerprint density at radius 2 is 2.36 bits per heavy atom. The van der Waals surface area contributed by atoms with E-state index in [0.29, 0.717) is 0 Å². The van der Waals surface area contributed by atoms with Crippen LogP contribution in [0.25, 0.3) is 0 Å². The van der Waals surface area contributed by atoms with Gasteiger partial charge >= 0.3 is 0 Å². The van der Waals surface area contributed by atoms with Crippen LogP contribution in [0.15, 0.2) is 0 Å². The lowest BCUT2D eigenvalue weighted by molar-refractivity contribution is 0.178. The summed E-state index contributed by atoms with van der Waals surface area (Å²) in [6.07, 6.45) is 3.99. The SMILES string of the molecule is CCN1CCCC(CCN)C1. The van der Waals surface area contributed by atoms with Crippen molar-refractivity contribution in [2.24, 2.45) is 11.7 Å². The summed E-state index contributed by atoms with van der Waals surface area (Å²) >= 11 is 0. The smallest absolute Gasteiger partial charge is 0.00100 e. The van der Waals surface area contributed by atoms with E-state index in [1.165, 1.54) is 38.9 Å². The Morgan fingerprint density at radius 3 is 3.00 bits per heavy atom. The van der Waals surface area contributed by atoms with Crippen LogP contribution in [0.3, 0.4) is 0 Å². The predicted molar refractivity (Wildman–Crippen MR) is 48.5 cm³/mol. The zero-order chi connectivity index (χ0) is 8.10.